The van der Waals surface area contributed by atoms with Crippen LogP contribution in [-0.2, 0) is 13.6 Å². The molecule has 0 aliphatic heterocycles. The van der Waals surface area contributed by atoms with Crippen molar-refractivity contribution in [2.45, 2.75) is 13.5 Å². The Balaban J connectivity index is 1.99. The largest absolute Gasteiger partial charge is 0.486 e. The maximum atomic E-state index is 12.8. The minimum atomic E-state index is -0.585. The average Bonchev–Trinajstić information content (AvgIpc) is 3.19. The first-order chi connectivity index (χ1) is 13.5. The van der Waals surface area contributed by atoms with Gasteiger partial charge >= 0.3 is 0 Å². The smallest absolute Gasteiger partial charge is 0.297 e. The molecule has 2 heterocycles. The van der Waals surface area contributed by atoms with E-state index < -0.39 is 11.5 Å². The van der Waals surface area contributed by atoms with E-state index in [9.17, 15) is 9.59 Å². The van der Waals surface area contributed by atoms with Gasteiger partial charge in [-0.15, -0.1) is 0 Å². The van der Waals surface area contributed by atoms with Gasteiger partial charge in [-0.1, -0.05) is 35.5 Å². The van der Waals surface area contributed by atoms with Crippen LogP contribution in [0.5, 0.6) is 5.75 Å². The van der Waals surface area contributed by atoms with Gasteiger partial charge in [0.2, 0.25) is 11.7 Å². The van der Waals surface area contributed by atoms with Crippen LogP contribution in [0, 0.1) is 0 Å². The van der Waals surface area contributed by atoms with Crippen molar-refractivity contribution in [1.82, 2.24) is 14.7 Å². The molecule has 0 atom stereocenters. The van der Waals surface area contributed by atoms with E-state index in [0.29, 0.717) is 18.2 Å². The van der Waals surface area contributed by atoms with Crippen molar-refractivity contribution in [3.63, 3.8) is 0 Å². The highest BCUT2D eigenvalue weighted by atomic mass is 16.5. The molecule has 1 amide bonds. The van der Waals surface area contributed by atoms with E-state index >= 15 is 0 Å². The highest BCUT2D eigenvalue weighted by Gasteiger charge is 2.24. The summed E-state index contributed by atoms with van der Waals surface area (Å²) in [6.45, 7) is 2.47. The predicted molar refractivity (Wildman–Crippen MR) is 104 cm³/mol. The normalized spacial score (nSPS) is 10.5. The average molecular weight is 383 g/mol. The molecule has 9 heteroatoms. The van der Waals surface area contributed by atoms with Gasteiger partial charge in [-0.3, -0.25) is 14.2 Å². The van der Waals surface area contributed by atoms with Crippen LogP contribution in [0.3, 0.4) is 0 Å². The summed E-state index contributed by atoms with van der Waals surface area (Å²) in [6, 6.07) is 9.75. The zero-order valence-electron chi connectivity index (χ0n) is 15.9. The first-order valence-corrected chi connectivity index (χ1v) is 8.70. The number of ether oxygens (including phenoxy) is 1. The zero-order valence-corrected chi connectivity index (χ0v) is 15.9. The van der Waals surface area contributed by atoms with Crippen molar-refractivity contribution in [1.29, 1.82) is 0 Å². The maximum Gasteiger partial charge on any atom is 0.297 e. The number of nitrogens with zero attached hydrogens (tertiary/aromatic N) is 4. The minimum absolute atomic E-state index is 0.0962. The number of nitrogens with one attached hydrogen (secondary N) is 1. The Morgan fingerprint density at radius 1 is 1.32 bits per heavy atom. The molecule has 0 saturated carbocycles. The van der Waals surface area contributed by atoms with Gasteiger partial charge in [0.15, 0.2) is 5.69 Å². The van der Waals surface area contributed by atoms with Gasteiger partial charge in [0, 0.05) is 20.6 Å². The quantitative estimate of drug-likeness (QED) is 0.666. The summed E-state index contributed by atoms with van der Waals surface area (Å²) in [7, 11) is 3.40. The monoisotopic (exact) mass is 383 g/mol. The summed E-state index contributed by atoms with van der Waals surface area (Å²) < 4.78 is 11.5. The summed E-state index contributed by atoms with van der Waals surface area (Å²) in [5, 5.41) is 6.13. The van der Waals surface area contributed by atoms with Gasteiger partial charge in [0.25, 0.3) is 11.5 Å². The van der Waals surface area contributed by atoms with E-state index in [1.807, 2.05) is 30.3 Å². The second-order valence-electron chi connectivity index (χ2n) is 6.10. The van der Waals surface area contributed by atoms with E-state index in [-0.39, 0.29) is 18.1 Å². The van der Waals surface area contributed by atoms with Crippen molar-refractivity contribution in [3.8, 4) is 5.75 Å². The van der Waals surface area contributed by atoms with E-state index in [0.717, 1.165) is 5.56 Å². The summed E-state index contributed by atoms with van der Waals surface area (Å²) >= 11 is 0. The Kier molecular flexibility index (Phi) is 5.73. The molecule has 0 fully saturated rings. The van der Waals surface area contributed by atoms with Crippen LogP contribution in [0.25, 0.3) is 0 Å². The highest BCUT2D eigenvalue weighted by molar-refractivity contribution is 6.04. The fourth-order valence-electron chi connectivity index (χ4n) is 2.72. The molecule has 0 radical (unpaired) electrons. The summed E-state index contributed by atoms with van der Waals surface area (Å²) in [4.78, 5) is 31.8. The van der Waals surface area contributed by atoms with Crippen LogP contribution < -0.4 is 20.5 Å². The second kappa shape index (κ2) is 8.38. The summed E-state index contributed by atoms with van der Waals surface area (Å²) in [6.07, 6.45) is 2.63. The fraction of sp³-hybridized carbons (Fsp3) is 0.263. The molecule has 1 aromatic carbocycles. The molecule has 146 valence electrons. The Labute approximate surface area is 161 Å². The van der Waals surface area contributed by atoms with Gasteiger partial charge < -0.3 is 19.5 Å². The standard InChI is InChI=1S/C19H21N5O4/c1-4-27-16-15(17(25)21-14-10-20-28-12-14)22-19(24(3)18(16)26)23(2)11-13-8-6-5-7-9-13/h5-10,12H,4,11H2,1-3H3,(H,21,25). The van der Waals surface area contributed by atoms with E-state index in [1.54, 1.807) is 25.9 Å². The van der Waals surface area contributed by atoms with Crippen molar-refractivity contribution >= 4 is 17.5 Å². The van der Waals surface area contributed by atoms with E-state index in [4.69, 9.17) is 9.26 Å². The third kappa shape index (κ3) is 4.03. The van der Waals surface area contributed by atoms with Crippen LogP contribution in [-0.4, -0.2) is 34.3 Å². The number of carbonyl (C=O) groups is 1. The molecule has 0 unspecified atom stereocenters. The van der Waals surface area contributed by atoms with Crippen LogP contribution in [0.2, 0.25) is 0 Å². The molecule has 3 aromatic rings. The second-order valence-corrected chi connectivity index (χ2v) is 6.10. The molecule has 0 aliphatic carbocycles. The van der Waals surface area contributed by atoms with E-state index in [2.05, 4.69) is 15.5 Å². The maximum absolute atomic E-state index is 12.8. The van der Waals surface area contributed by atoms with Gasteiger partial charge in [-0.05, 0) is 12.5 Å². The predicted octanol–water partition coefficient (Wildman–Crippen LogP) is 2.06. The lowest BCUT2D eigenvalue weighted by Crippen LogP contribution is -2.32. The molecule has 28 heavy (non-hydrogen) atoms. The highest BCUT2D eigenvalue weighted by Crippen LogP contribution is 2.19. The van der Waals surface area contributed by atoms with Gasteiger partial charge in [0.05, 0.1) is 12.8 Å². The van der Waals surface area contributed by atoms with Crippen molar-refractivity contribution in [2.24, 2.45) is 7.05 Å². The first kappa shape index (κ1) is 19.2. The molecular weight excluding hydrogens is 362 g/mol. The number of carbonyl (C=O) groups excluding carboxylic acids is 1. The summed E-state index contributed by atoms with van der Waals surface area (Å²) in [5.41, 5.74) is 0.862. The van der Waals surface area contributed by atoms with Crippen LogP contribution in [0.15, 0.2) is 52.1 Å². The number of rotatable bonds is 7. The van der Waals surface area contributed by atoms with Crippen LogP contribution in [0.4, 0.5) is 11.6 Å². The number of hydrogen-bond acceptors (Lipinski definition) is 7. The molecule has 3 rings (SSSR count). The Morgan fingerprint density at radius 3 is 2.71 bits per heavy atom. The van der Waals surface area contributed by atoms with Crippen molar-refractivity contribution in [2.75, 3.05) is 23.9 Å². The van der Waals surface area contributed by atoms with Crippen molar-refractivity contribution < 1.29 is 14.1 Å². The lowest BCUT2D eigenvalue weighted by molar-refractivity contribution is 0.101. The number of anilines is 2. The molecular formula is C19H21N5O4. The minimum Gasteiger partial charge on any atom is -0.486 e. The lowest BCUT2D eigenvalue weighted by Gasteiger charge is -2.22. The molecule has 1 N–H and O–H groups in total. The topological polar surface area (TPSA) is 102 Å². The van der Waals surface area contributed by atoms with Crippen molar-refractivity contribution in [3.05, 3.63) is 64.4 Å². The Bertz CT molecular complexity index is 999. The fourth-order valence-corrected chi connectivity index (χ4v) is 2.72. The van der Waals surface area contributed by atoms with Crippen LogP contribution >= 0.6 is 0 Å². The number of aromatic nitrogens is 3. The first-order valence-electron chi connectivity index (χ1n) is 8.70. The molecule has 2 aromatic heterocycles. The number of hydrogen-bond donors (Lipinski definition) is 1. The number of benzene rings is 1. The third-order valence-corrected chi connectivity index (χ3v) is 4.02. The molecule has 0 saturated heterocycles. The Hall–Kier alpha value is -3.62. The molecule has 0 spiro atoms. The molecule has 0 aliphatic rings. The third-order valence-electron chi connectivity index (χ3n) is 4.02. The van der Waals surface area contributed by atoms with Gasteiger partial charge in [-0.25, -0.2) is 4.98 Å². The summed E-state index contributed by atoms with van der Waals surface area (Å²) in [5.74, 6) is -0.345. The van der Waals surface area contributed by atoms with E-state index in [1.165, 1.54) is 17.0 Å². The lowest BCUT2D eigenvalue weighted by atomic mass is 10.2. The molecule has 0 bridgehead atoms. The number of amides is 1. The zero-order chi connectivity index (χ0) is 20.1. The Morgan fingerprint density at radius 2 is 2.07 bits per heavy atom. The van der Waals surface area contributed by atoms with Crippen LogP contribution in [0.1, 0.15) is 23.0 Å². The molecule has 9 nitrogen and oxygen atoms in total. The SMILES string of the molecule is CCOc1c(C(=O)Nc2cnoc2)nc(N(C)Cc2ccccc2)n(C)c1=O. The van der Waals surface area contributed by atoms with Gasteiger partial charge in [-0.2, -0.15) is 0 Å². The van der Waals surface area contributed by atoms with Gasteiger partial charge in [0.1, 0.15) is 12.0 Å².